The third-order valence-electron chi connectivity index (χ3n) is 6.59. The number of benzene rings is 1. The number of likely N-dealkylation sites (tertiary alicyclic amines) is 1. The summed E-state index contributed by atoms with van der Waals surface area (Å²) in [6.45, 7) is 0.211. The molecule has 1 aromatic carbocycles. The molecule has 10 heteroatoms. The Morgan fingerprint density at radius 1 is 1.25 bits per heavy atom. The molecule has 5 aliphatic rings. The molecular formula is C22H19F2N5O3. The maximum Gasteiger partial charge on any atom is 0.322 e. The first-order chi connectivity index (χ1) is 15.5. The van der Waals surface area contributed by atoms with Gasteiger partial charge in [0.05, 0.1) is 18.3 Å². The molecule has 0 saturated carbocycles. The standard InChI is InChI=1S/C22H19F2N5O3/c23-15-2-4-16-14(21(15)24)9-28(22(31)25-16)10-20(30)29-8-11-5-13(19(29)6-11)12-1-3-17-18(7-12)27-32-26-17/h1-5,7,11,18-19,27H,6,8-10H2,(H,25,31)/t11-,18?,19-/m0/s1. The fourth-order valence-corrected chi connectivity index (χ4v) is 5.03. The highest BCUT2D eigenvalue weighted by molar-refractivity contribution is 6.03. The lowest BCUT2D eigenvalue weighted by Crippen LogP contribution is -2.48. The van der Waals surface area contributed by atoms with E-state index in [9.17, 15) is 18.4 Å². The largest absolute Gasteiger partial charge is 0.333 e. The minimum absolute atomic E-state index is 0.0437. The van der Waals surface area contributed by atoms with Crippen LogP contribution in [-0.2, 0) is 16.3 Å². The highest BCUT2D eigenvalue weighted by Crippen LogP contribution is 2.41. The maximum absolute atomic E-state index is 14.2. The summed E-state index contributed by atoms with van der Waals surface area (Å²) in [5.74, 6) is -1.96. The number of hydrogen-bond acceptors (Lipinski definition) is 5. The van der Waals surface area contributed by atoms with Crippen LogP contribution in [0.25, 0.3) is 0 Å². The average Bonchev–Trinajstić information content (AvgIpc) is 3.52. The van der Waals surface area contributed by atoms with Crippen LogP contribution in [0, 0.1) is 17.6 Å². The first kappa shape index (κ1) is 19.2. The normalized spacial score (nSPS) is 27.4. The first-order valence-electron chi connectivity index (χ1n) is 10.4. The van der Waals surface area contributed by atoms with Crippen molar-refractivity contribution in [3.05, 3.63) is 64.8 Å². The van der Waals surface area contributed by atoms with Gasteiger partial charge < -0.3 is 15.1 Å². The molecule has 1 fully saturated rings. The van der Waals surface area contributed by atoms with Crippen molar-refractivity contribution in [2.75, 3.05) is 18.4 Å². The molecular weight excluding hydrogens is 420 g/mol. The number of nitrogens with zero attached hydrogens (tertiary/aromatic N) is 3. The van der Waals surface area contributed by atoms with Crippen molar-refractivity contribution in [1.29, 1.82) is 0 Å². The zero-order valence-electron chi connectivity index (χ0n) is 16.8. The summed E-state index contributed by atoms with van der Waals surface area (Å²) in [5.41, 5.74) is 5.97. The summed E-state index contributed by atoms with van der Waals surface area (Å²) in [7, 11) is 0. The number of nitrogens with one attached hydrogen (secondary N) is 2. The molecule has 8 nitrogen and oxygen atoms in total. The molecule has 3 aliphatic heterocycles. The fraction of sp³-hybridized carbons (Fsp3) is 0.318. The summed E-state index contributed by atoms with van der Waals surface area (Å²) in [6.07, 6.45) is 8.91. The van der Waals surface area contributed by atoms with E-state index in [1.807, 2.05) is 18.2 Å². The molecule has 3 heterocycles. The molecule has 3 amide bonds. The molecule has 1 aromatic rings. The molecule has 164 valence electrons. The van der Waals surface area contributed by atoms with Gasteiger partial charge in [-0.2, -0.15) is 0 Å². The quantitative estimate of drug-likeness (QED) is 0.757. The second-order valence-electron chi connectivity index (χ2n) is 8.51. The lowest BCUT2D eigenvalue weighted by molar-refractivity contribution is -0.132. The lowest BCUT2D eigenvalue weighted by Gasteiger charge is -2.34. The number of allylic oxidation sites excluding steroid dienone is 1. The van der Waals surface area contributed by atoms with Gasteiger partial charge in [0, 0.05) is 12.1 Å². The Morgan fingerprint density at radius 3 is 2.97 bits per heavy atom. The van der Waals surface area contributed by atoms with E-state index in [0.29, 0.717) is 6.54 Å². The summed E-state index contributed by atoms with van der Waals surface area (Å²) >= 11 is 0. The Bertz CT molecular complexity index is 1170. The third-order valence-corrected chi connectivity index (χ3v) is 6.59. The van der Waals surface area contributed by atoms with Gasteiger partial charge in [0.1, 0.15) is 18.3 Å². The Morgan fingerprint density at radius 2 is 2.12 bits per heavy atom. The predicted molar refractivity (Wildman–Crippen MR) is 110 cm³/mol. The van der Waals surface area contributed by atoms with Crippen molar-refractivity contribution < 1.29 is 23.3 Å². The van der Waals surface area contributed by atoms with Gasteiger partial charge in [-0.15, -0.1) is 5.48 Å². The van der Waals surface area contributed by atoms with E-state index in [1.165, 1.54) is 11.0 Å². The summed E-state index contributed by atoms with van der Waals surface area (Å²) in [4.78, 5) is 33.5. The average molecular weight is 439 g/mol. The zero-order valence-corrected chi connectivity index (χ0v) is 16.8. The maximum atomic E-state index is 14.2. The number of hydrogen-bond donors (Lipinski definition) is 2. The van der Waals surface area contributed by atoms with Crippen molar-refractivity contribution in [3.63, 3.8) is 0 Å². The monoisotopic (exact) mass is 439 g/mol. The number of fused-ring (bicyclic) bond motifs is 4. The number of anilines is 1. The Hall–Kier alpha value is -3.53. The molecule has 0 aromatic heterocycles. The second kappa shape index (κ2) is 6.99. The molecule has 32 heavy (non-hydrogen) atoms. The minimum Gasteiger partial charge on any atom is -0.333 e. The number of oxime groups is 1. The number of halogens is 2. The van der Waals surface area contributed by atoms with E-state index < -0.39 is 17.7 Å². The number of amides is 3. The van der Waals surface area contributed by atoms with E-state index in [4.69, 9.17) is 4.94 Å². The Labute approximate surface area is 181 Å². The van der Waals surface area contributed by atoms with Gasteiger partial charge in [-0.1, -0.05) is 23.4 Å². The van der Waals surface area contributed by atoms with Crippen LogP contribution >= 0.6 is 0 Å². The molecule has 3 atom stereocenters. The van der Waals surface area contributed by atoms with Crippen molar-refractivity contribution in [2.24, 2.45) is 11.1 Å². The smallest absolute Gasteiger partial charge is 0.322 e. The van der Waals surface area contributed by atoms with E-state index in [-0.39, 0.29) is 48.2 Å². The van der Waals surface area contributed by atoms with Crippen LogP contribution in [0.3, 0.4) is 0 Å². The van der Waals surface area contributed by atoms with E-state index in [0.717, 1.165) is 29.3 Å². The number of carbonyl (C=O) groups excluding carboxylic acids is 2. The third kappa shape index (κ3) is 2.94. The van der Waals surface area contributed by atoms with Crippen LogP contribution in [0.15, 0.2) is 52.7 Å². The minimum atomic E-state index is -1.01. The predicted octanol–water partition coefficient (Wildman–Crippen LogP) is 2.22. The molecule has 1 saturated heterocycles. The van der Waals surface area contributed by atoms with Crippen molar-refractivity contribution in [2.45, 2.75) is 25.0 Å². The summed E-state index contributed by atoms with van der Waals surface area (Å²) < 4.78 is 27.8. The van der Waals surface area contributed by atoms with Crippen LogP contribution in [0.2, 0.25) is 0 Å². The molecule has 6 rings (SSSR count). The van der Waals surface area contributed by atoms with Gasteiger partial charge in [-0.05, 0) is 41.7 Å². The number of rotatable bonds is 3. The van der Waals surface area contributed by atoms with Crippen LogP contribution < -0.4 is 10.8 Å². The molecule has 1 unspecified atom stereocenters. The van der Waals surface area contributed by atoms with Crippen LogP contribution in [0.1, 0.15) is 12.0 Å². The molecule has 0 spiro atoms. The van der Waals surface area contributed by atoms with E-state index >= 15 is 0 Å². The topological polar surface area (TPSA) is 86.3 Å². The number of urea groups is 1. The zero-order chi connectivity index (χ0) is 22.0. The summed E-state index contributed by atoms with van der Waals surface area (Å²) in [6, 6.07) is 1.59. The Balaban J connectivity index is 1.18. The lowest BCUT2D eigenvalue weighted by atomic mass is 9.92. The SMILES string of the molecule is O=C1Nc2ccc(F)c(F)c2CN1CC(=O)N1C[C@H]2C=C(C3=CC4NON=C4C=C3)[C@@H]1C2. The number of carbonyl (C=O) groups is 2. The first-order valence-corrected chi connectivity index (χ1v) is 10.4. The highest BCUT2D eigenvalue weighted by Gasteiger charge is 2.43. The van der Waals surface area contributed by atoms with Gasteiger partial charge in [-0.3, -0.25) is 9.73 Å². The molecule has 2 bridgehead atoms. The Kier molecular flexibility index (Phi) is 4.19. The second-order valence-corrected chi connectivity index (χ2v) is 8.51. The molecule has 2 aliphatic carbocycles. The molecule has 0 radical (unpaired) electrons. The molecule has 2 N–H and O–H groups in total. The highest BCUT2D eigenvalue weighted by atomic mass is 19.2. The van der Waals surface area contributed by atoms with Crippen LogP contribution in [0.4, 0.5) is 19.3 Å². The van der Waals surface area contributed by atoms with Gasteiger partial charge in [0.15, 0.2) is 11.6 Å². The van der Waals surface area contributed by atoms with Gasteiger partial charge in [0.25, 0.3) is 0 Å². The van der Waals surface area contributed by atoms with Crippen molar-refractivity contribution >= 4 is 23.3 Å². The fourth-order valence-electron chi connectivity index (χ4n) is 5.03. The van der Waals surface area contributed by atoms with Gasteiger partial charge >= 0.3 is 6.03 Å². The van der Waals surface area contributed by atoms with Crippen molar-refractivity contribution in [1.82, 2.24) is 15.3 Å². The summed E-state index contributed by atoms with van der Waals surface area (Å²) in [5, 5.41) is 6.45. The van der Waals surface area contributed by atoms with E-state index in [2.05, 4.69) is 22.0 Å². The van der Waals surface area contributed by atoms with Crippen LogP contribution in [0.5, 0.6) is 0 Å². The van der Waals surface area contributed by atoms with E-state index in [1.54, 1.807) is 4.90 Å². The van der Waals surface area contributed by atoms with Crippen LogP contribution in [-0.4, -0.2) is 52.6 Å². The van der Waals surface area contributed by atoms with Crippen molar-refractivity contribution in [3.8, 4) is 0 Å². The number of hydroxylamine groups is 1. The van der Waals surface area contributed by atoms with Gasteiger partial charge in [-0.25, -0.2) is 13.6 Å². The van der Waals surface area contributed by atoms with Gasteiger partial charge in [0.2, 0.25) is 5.91 Å².